The summed E-state index contributed by atoms with van der Waals surface area (Å²) in [5, 5.41) is 3.38. The molecule has 1 aromatic heterocycles. The highest BCUT2D eigenvalue weighted by Crippen LogP contribution is 2.14. The summed E-state index contributed by atoms with van der Waals surface area (Å²) in [6.07, 6.45) is 0. The summed E-state index contributed by atoms with van der Waals surface area (Å²) in [5.74, 6) is 2.41. The van der Waals surface area contributed by atoms with Crippen molar-refractivity contribution in [2.45, 2.75) is 27.3 Å². The first-order valence-electron chi connectivity index (χ1n) is 5.04. The minimum absolute atomic E-state index is 0.702. The third-order valence-corrected chi connectivity index (χ3v) is 2.96. The molecule has 14 heavy (non-hydrogen) atoms. The Bertz CT molecular complexity index is 270. The fourth-order valence-electron chi connectivity index (χ4n) is 1.11. The van der Waals surface area contributed by atoms with Crippen molar-refractivity contribution in [3.63, 3.8) is 0 Å². The Hall–Kier alpha value is -0.280. The number of hydrogen-bond acceptors (Lipinski definition) is 2. The summed E-state index contributed by atoms with van der Waals surface area (Å²) >= 11 is 3.28. The van der Waals surface area contributed by atoms with Crippen LogP contribution in [0.5, 0.6) is 0 Å². The Kier molecular flexibility index (Phi) is 4.69. The van der Waals surface area contributed by atoms with E-state index in [1.807, 2.05) is 12.1 Å². The molecule has 1 N–H and O–H groups in total. The first-order chi connectivity index (χ1) is 6.59. The molecule has 0 aliphatic rings. The summed E-state index contributed by atoms with van der Waals surface area (Å²) in [6, 6.07) is 3.90. The average molecular weight is 260 g/mol. The fraction of sp³-hybridized carbons (Fsp3) is 0.636. The van der Waals surface area contributed by atoms with Gasteiger partial charge < -0.3 is 9.73 Å². The molecular formula is C11H18BrNO. The predicted molar refractivity (Wildman–Crippen MR) is 62.1 cm³/mol. The van der Waals surface area contributed by atoms with E-state index in [0.29, 0.717) is 5.92 Å². The molecule has 3 heteroatoms. The van der Waals surface area contributed by atoms with E-state index in [0.717, 1.165) is 29.4 Å². The van der Waals surface area contributed by atoms with Crippen LogP contribution in [0.3, 0.4) is 0 Å². The third-order valence-electron chi connectivity index (χ3n) is 2.53. The Labute approximate surface area is 94.2 Å². The molecule has 0 fully saturated rings. The Morgan fingerprint density at radius 1 is 1.36 bits per heavy atom. The normalized spacial score (nSPS) is 13.5. The number of rotatable bonds is 5. The molecule has 1 unspecified atom stereocenters. The molecular weight excluding hydrogens is 242 g/mol. The second kappa shape index (κ2) is 5.56. The van der Waals surface area contributed by atoms with Crippen molar-refractivity contribution in [2.75, 3.05) is 6.54 Å². The second-order valence-electron chi connectivity index (χ2n) is 4.06. The molecule has 1 atom stereocenters. The molecule has 0 aromatic carbocycles. The van der Waals surface area contributed by atoms with Gasteiger partial charge in [-0.3, -0.25) is 0 Å². The summed E-state index contributed by atoms with van der Waals surface area (Å²) < 4.78 is 6.18. The maximum absolute atomic E-state index is 5.38. The molecule has 1 rings (SSSR count). The van der Waals surface area contributed by atoms with Gasteiger partial charge in [0.25, 0.3) is 0 Å². The minimum Gasteiger partial charge on any atom is -0.453 e. The number of nitrogens with one attached hydrogen (secondary N) is 1. The molecule has 0 radical (unpaired) electrons. The van der Waals surface area contributed by atoms with Crippen LogP contribution in [-0.2, 0) is 6.54 Å². The van der Waals surface area contributed by atoms with Gasteiger partial charge >= 0.3 is 0 Å². The molecule has 0 saturated carbocycles. The summed E-state index contributed by atoms with van der Waals surface area (Å²) in [5.41, 5.74) is 0. The summed E-state index contributed by atoms with van der Waals surface area (Å²) in [7, 11) is 0. The standard InChI is InChI=1S/C11H18BrNO/c1-8(2)9(3)6-13-7-10-4-5-11(12)14-10/h4-5,8-9,13H,6-7H2,1-3H3. The molecule has 0 aliphatic heterocycles. The van der Waals surface area contributed by atoms with E-state index >= 15 is 0 Å². The van der Waals surface area contributed by atoms with Crippen molar-refractivity contribution in [3.05, 3.63) is 22.6 Å². The number of hydrogen-bond donors (Lipinski definition) is 1. The molecule has 2 nitrogen and oxygen atoms in total. The van der Waals surface area contributed by atoms with E-state index in [4.69, 9.17) is 4.42 Å². The van der Waals surface area contributed by atoms with Gasteiger partial charge in [0.05, 0.1) is 6.54 Å². The van der Waals surface area contributed by atoms with Gasteiger partial charge in [0, 0.05) is 0 Å². The predicted octanol–water partition coefficient (Wildman–Crippen LogP) is 3.42. The number of furan rings is 1. The van der Waals surface area contributed by atoms with Crippen LogP contribution in [0.25, 0.3) is 0 Å². The van der Waals surface area contributed by atoms with Crippen molar-refractivity contribution >= 4 is 15.9 Å². The van der Waals surface area contributed by atoms with Crippen LogP contribution in [0.1, 0.15) is 26.5 Å². The molecule has 0 spiro atoms. The maximum atomic E-state index is 5.38. The van der Waals surface area contributed by atoms with Gasteiger partial charge in [-0.05, 0) is 46.4 Å². The lowest BCUT2D eigenvalue weighted by Crippen LogP contribution is -2.23. The Balaban J connectivity index is 2.22. The van der Waals surface area contributed by atoms with Gasteiger partial charge in [-0.2, -0.15) is 0 Å². The molecule has 80 valence electrons. The SMILES string of the molecule is CC(C)C(C)CNCc1ccc(Br)o1. The molecule has 1 aromatic rings. The smallest absolute Gasteiger partial charge is 0.169 e. The highest BCUT2D eigenvalue weighted by Gasteiger charge is 2.06. The van der Waals surface area contributed by atoms with Crippen molar-refractivity contribution in [2.24, 2.45) is 11.8 Å². The van der Waals surface area contributed by atoms with Crippen LogP contribution in [0, 0.1) is 11.8 Å². The Morgan fingerprint density at radius 3 is 2.57 bits per heavy atom. The average Bonchev–Trinajstić information content (AvgIpc) is 2.51. The maximum Gasteiger partial charge on any atom is 0.169 e. The highest BCUT2D eigenvalue weighted by molar-refractivity contribution is 9.10. The van der Waals surface area contributed by atoms with Crippen LogP contribution in [0.2, 0.25) is 0 Å². The van der Waals surface area contributed by atoms with Crippen LogP contribution in [-0.4, -0.2) is 6.54 Å². The summed E-state index contributed by atoms with van der Waals surface area (Å²) in [4.78, 5) is 0. The first kappa shape index (κ1) is 11.8. The lowest BCUT2D eigenvalue weighted by molar-refractivity contribution is 0.378. The van der Waals surface area contributed by atoms with E-state index in [-0.39, 0.29) is 0 Å². The van der Waals surface area contributed by atoms with Gasteiger partial charge in [-0.15, -0.1) is 0 Å². The monoisotopic (exact) mass is 259 g/mol. The Morgan fingerprint density at radius 2 is 2.07 bits per heavy atom. The van der Waals surface area contributed by atoms with E-state index in [1.165, 1.54) is 0 Å². The highest BCUT2D eigenvalue weighted by atomic mass is 79.9. The quantitative estimate of drug-likeness (QED) is 0.877. The van der Waals surface area contributed by atoms with Gasteiger partial charge in [0.1, 0.15) is 5.76 Å². The third kappa shape index (κ3) is 3.84. The van der Waals surface area contributed by atoms with Crippen LogP contribution < -0.4 is 5.32 Å². The largest absolute Gasteiger partial charge is 0.453 e. The topological polar surface area (TPSA) is 25.2 Å². The van der Waals surface area contributed by atoms with Crippen molar-refractivity contribution in [3.8, 4) is 0 Å². The fourth-order valence-corrected chi connectivity index (χ4v) is 1.45. The van der Waals surface area contributed by atoms with Crippen LogP contribution >= 0.6 is 15.9 Å². The van der Waals surface area contributed by atoms with E-state index in [2.05, 4.69) is 42.0 Å². The zero-order valence-corrected chi connectivity index (χ0v) is 10.6. The van der Waals surface area contributed by atoms with Gasteiger partial charge in [0.15, 0.2) is 4.67 Å². The van der Waals surface area contributed by atoms with E-state index < -0.39 is 0 Å². The van der Waals surface area contributed by atoms with Gasteiger partial charge in [0.2, 0.25) is 0 Å². The molecule has 0 amide bonds. The van der Waals surface area contributed by atoms with Crippen molar-refractivity contribution < 1.29 is 4.42 Å². The lowest BCUT2D eigenvalue weighted by Gasteiger charge is -2.15. The lowest BCUT2D eigenvalue weighted by atomic mass is 9.98. The van der Waals surface area contributed by atoms with Crippen molar-refractivity contribution in [1.82, 2.24) is 5.32 Å². The first-order valence-corrected chi connectivity index (χ1v) is 5.84. The van der Waals surface area contributed by atoms with Gasteiger partial charge in [-0.1, -0.05) is 20.8 Å². The van der Waals surface area contributed by atoms with Gasteiger partial charge in [-0.25, -0.2) is 0 Å². The summed E-state index contributed by atoms with van der Waals surface area (Å²) in [6.45, 7) is 8.60. The van der Waals surface area contributed by atoms with E-state index in [9.17, 15) is 0 Å². The second-order valence-corrected chi connectivity index (χ2v) is 4.84. The van der Waals surface area contributed by atoms with Crippen LogP contribution in [0.4, 0.5) is 0 Å². The molecule has 0 bridgehead atoms. The number of halogens is 1. The molecule has 0 aliphatic carbocycles. The molecule has 0 saturated heterocycles. The minimum atomic E-state index is 0.702. The van der Waals surface area contributed by atoms with E-state index in [1.54, 1.807) is 0 Å². The van der Waals surface area contributed by atoms with Crippen molar-refractivity contribution in [1.29, 1.82) is 0 Å². The molecule has 1 heterocycles. The zero-order chi connectivity index (χ0) is 10.6. The zero-order valence-electron chi connectivity index (χ0n) is 9.01. The van der Waals surface area contributed by atoms with Crippen LogP contribution in [0.15, 0.2) is 21.2 Å².